The quantitative estimate of drug-likeness (QED) is 0.858. The van der Waals surface area contributed by atoms with Gasteiger partial charge < -0.3 is 5.32 Å². The Kier molecular flexibility index (Phi) is 4.96. The molecule has 0 amide bonds. The Hall–Kier alpha value is -0.600. The van der Waals surface area contributed by atoms with E-state index >= 15 is 0 Å². The van der Waals surface area contributed by atoms with Crippen LogP contribution in [0.1, 0.15) is 32.8 Å². The molecule has 0 heterocycles. The number of benzene rings is 1. The minimum absolute atomic E-state index is 0.159. The molecule has 0 aromatic heterocycles. The van der Waals surface area contributed by atoms with Crippen LogP contribution < -0.4 is 5.32 Å². The van der Waals surface area contributed by atoms with Crippen LogP contribution in [0.25, 0.3) is 0 Å². The van der Waals surface area contributed by atoms with E-state index in [-0.39, 0.29) is 11.2 Å². The largest absolute Gasteiger partial charge is 0.316 e. The fraction of sp³-hybridized carbons (Fsp3) is 0.571. The Morgan fingerprint density at radius 1 is 1.35 bits per heavy atom. The summed E-state index contributed by atoms with van der Waals surface area (Å²) in [7, 11) is 1.94. The van der Waals surface area contributed by atoms with Crippen LogP contribution >= 0.6 is 11.6 Å². The minimum atomic E-state index is -0.207. The van der Waals surface area contributed by atoms with Crippen molar-refractivity contribution in [1.82, 2.24) is 5.32 Å². The zero-order valence-electron chi connectivity index (χ0n) is 11.0. The predicted molar refractivity (Wildman–Crippen MR) is 72.0 cm³/mol. The Balaban J connectivity index is 2.73. The SMILES string of the molecule is CNC(CCc1c(F)cccc1Cl)C(C)(C)C. The molecule has 0 saturated heterocycles. The maximum Gasteiger partial charge on any atom is 0.127 e. The fourth-order valence-electron chi connectivity index (χ4n) is 2.07. The topological polar surface area (TPSA) is 12.0 Å². The molecule has 0 aliphatic heterocycles. The summed E-state index contributed by atoms with van der Waals surface area (Å²) < 4.78 is 13.6. The van der Waals surface area contributed by atoms with Gasteiger partial charge in [0.25, 0.3) is 0 Å². The molecule has 1 N–H and O–H groups in total. The van der Waals surface area contributed by atoms with Gasteiger partial charge in [-0.15, -0.1) is 0 Å². The first-order chi connectivity index (χ1) is 7.86. The molecule has 1 aromatic carbocycles. The van der Waals surface area contributed by atoms with Gasteiger partial charge in [0.2, 0.25) is 0 Å². The number of halogens is 2. The first-order valence-electron chi connectivity index (χ1n) is 5.96. The molecule has 0 radical (unpaired) electrons. The van der Waals surface area contributed by atoms with Gasteiger partial charge in [-0.2, -0.15) is 0 Å². The molecular weight excluding hydrogens is 237 g/mol. The van der Waals surface area contributed by atoms with Gasteiger partial charge in [0, 0.05) is 16.6 Å². The third-order valence-corrected chi connectivity index (χ3v) is 3.49. The predicted octanol–water partition coefficient (Wildman–Crippen LogP) is 4.05. The van der Waals surface area contributed by atoms with Crippen molar-refractivity contribution in [2.24, 2.45) is 5.41 Å². The first kappa shape index (κ1) is 14.5. The zero-order chi connectivity index (χ0) is 13.1. The van der Waals surface area contributed by atoms with Gasteiger partial charge >= 0.3 is 0 Å². The molecule has 17 heavy (non-hydrogen) atoms. The van der Waals surface area contributed by atoms with Crippen molar-refractivity contribution in [3.8, 4) is 0 Å². The van der Waals surface area contributed by atoms with Gasteiger partial charge in [-0.05, 0) is 37.4 Å². The van der Waals surface area contributed by atoms with E-state index in [4.69, 9.17) is 11.6 Å². The molecule has 1 rings (SSSR count). The van der Waals surface area contributed by atoms with Crippen LogP contribution in [0, 0.1) is 11.2 Å². The number of rotatable bonds is 4. The lowest BCUT2D eigenvalue weighted by molar-refractivity contribution is 0.267. The van der Waals surface area contributed by atoms with E-state index in [1.54, 1.807) is 12.1 Å². The molecular formula is C14H21ClFN. The molecule has 1 nitrogen and oxygen atoms in total. The van der Waals surface area contributed by atoms with Crippen molar-refractivity contribution in [2.75, 3.05) is 7.05 Å². The van der Waals surface area contributed by atoms with Gasteiger partial charge in [0.15, 0.2) is 0 Å². The van der Waals surface area contributed by atoms with Crippen molar-refractivity contribution >= 4 is 11.6 Å². The molecule has 0 spiro atoms. The molecule has 0 aliphatic carbocycles. The van der Waals surface area contributed by atoms with E-state index < -0.39 is 0 Å². The normalized spacial score (nSPS) is 13.8. The minimum Gasteiger partial charge on any atom is -0.316 e. The highest BCUT2D eigenvalue weighted by Gasteiger charge is 2.23. The van der Waals surface area contributed by atoms with Crippen LogP contribution in [0.5, 0.6) is 0 Å². The van der Waals surface area contributed by atoms with Crippen LogP contribution in [0.15, 0.2) is 18.2 Å². The zero-order valence-corrected chi connectivity index (χ0v) is 11.7. The summed E-state index contributed by atoms with van der Waals surface area (Å²) in [5.41, 5.74) is 0.783. The second kappa shape index (κ2) is 5.83. The van der Waals surface area contributed by atoms with Gasteiger partial charge in [-0.25, -0.2) is 4.39 Å². The third-order valence-electron chi connectivity index (χ3n) is 3.14. The number of hydrogen-bond acceptors (Lipinski definition) is 1. The molecule has 96 valence electrons. The lowest BCUT2D eigenvalue weighted by Crippen LogP contribution is -2.38. The van der Waals surface area contributed by atoms with Crippen molar-refractivity contribution in [2.45, 2.75) is 39.7 Å². The number of hydrogen-bond donors (Lipinski definition) is 1. The van der Waals surface area contributed by atoms with E-state index in [1.807, 2.05) is 7.05 Å². The van der Waals surface area contributed by atoms with Crippen molar-refractivity contribution in [3.63, 3.8) is 0 Å². The summed E-state index contributed by atoms with van der Waals surface area (Å²) in [5, 5.41) is 3.81. The molecule has 0 fully saturated rings. The molecule has 0 bridgehead atoms. The highest BCUT2D eigenvalue weighted by Crippen LogP contribution is 2.26. The van der Waals surface area contributed by atoms with Crippen LogP contribution in [-0.2, 0) is 6.42 Å². The lowest BCUT2D eigenvalue weighted by Gasteiger charge is -2.30. The van der Waals surface area contributed by atoms with Crippen molar-refractivity contribution < 1.29 is 4.39 Å². The third kappa shape index (κ3) is 3.97. The van der Waals surface area contributed by atoms with E-state index in [0.717, 1.165) is 6.42 Å². The highest BCUT2D eigenvalue weighted by atomic mass is 35.5. The average molecular weight is 258 g/mol. The van der Waals surface area contributed by atoms with E-state index in [9.17, 15) is 4.39 Å². The summed E-state index contributed by atoms with van der Waals surface area (Å²) in [5.74, 6) is -0.207. The smallest absolute Gasteiger partial charge is 0.127 e. The fourth-order valence-corrected chi connectivity index (χ4v) is 2.33. The molecule has 1 atom stereocenters. The summed E-state index contributed by atoms with van der Waals surface area (Å²) in [6.45, 7) is 6.53. The van der Waals surface area contributed by atoms with E-state index in [1.165, 1.54) is 6.07 Å². The van der Waals surface area contributed by atoms with Crippen LogP contribution in [0.4, 0.5) is 4.39 Å². The Labute approximate surface area is 108 Å². The van der Waals surface area contributed by atoms with Crippen molar-refractivity contribution in [1.29, 1.82) is 0 Å². The maximum absolute atomic E-state index is 13.6. The average Bonchev–Trinajstić information content (AvgIpc) is 2.20. The summed E-state index contributed by atoms with van der Waals surface area (Å²) in [6, 6.07) is 5.19. The summed E-state index contributed by atoms with van der Waals surface area (Å²) in [6.07, 6.45) is 1.54. The molecule has 1 unspecified atom stereocenters. The molecule has 1 aromatic rings. The van der Waals surface area contributed by atoms with E-state index in [0.29, 0.717) is 23.0 Å². The standard InChI is InChI=1S/C14H21ClFN/c1-14(2,3)13(17-4)9-8-10-11(15)6-5-7-12(10)16/h5-7,13,17H,8-9H2,1-4H3. The monoisotopic (exact) mass is 257 g/mol. The van der Waals surface area contributed by atoms with Gasteiger partial charge in [0.05, 0.1) is 0 Å². The Bertz CT molecular complexity index is 351. The maximum atomic E-state index is 13.6. The van der Waals surface area contributed by atoms with E-state index in [2.05, 4.69) is 26.1 Å². The Morgan fingerprint density at radius 2 is 2.00 bits per heavy atom. The molecule has 3 heteroatoms. The van der Waals surface area contributed by atoms with Crippen LogP contribution in [-0.4, -0.2) is 13.1 Å². The Morgan fingerprint density at radius 3 is 2.47 bits per heavy atom. The summed E-state index contributed by atoms with van der Waals surface area (Å²) >= 11 is 6.01. The second-order valence-electron chi connectivity index (χ2n) is 5.45. The van der Waals surface area contributed by atoms with Crippen molar-refractivity contribution in [3.05, 3.63) is 34.6 Å². The highest BCUT2D eigenvalue weighted by molar-refractivity contribution is 6.31. The molecule has 0 saturated carbocycles. The van der Waals surface area contributed by atoms with Gasteiger partial charge in [-0.3, -0.25) is 0 Å². The van der Waals surface area contributed by atoms with Crippen LogP contribution in [0.3, 0.4) is 0 Å². The first-order valence-corrected chi connectivity index (χ1v) is 6.34. The lowest BCUT2D eigenvalue weighted by atomic mass is 9.83. The van der Waals surface area contributed by atoms with Gasteiger partial charge in [0.1, 0.15) is 5.82 Å². The van der Waals surface area contributed by atoms with Crippen LogP contribution in [0.2, 0.25) is 5.02 Å². The number of nitrogens with one attached hydrogen (secondary N) is 1. The van der Waals surface area contributed by atoms with Gasteiger partial charge in [-0.1, -0.05) is 38.4 Å². The molecule has 0 aliphatic rings. The summed E-state index contributed by atoms with van der Waals surface area (Å²) in [4.78, 5) is 0. The second-order valence-corrected chi connectivity index (χ2v) is 5.85.